The van der Waals surface area contributed by atoms with Gasteiger partial charge in [-0.25, -0.2) is 0 Å². The molecule has 0 saturated heterocycles. The Hall–Kier alpha value is -0.570. The first-order chi connectivity index (χ1) is 7.44. The Balaban J connectivity index is 2.39. The molecule has 0 aliphatic heterocycles. The molecule has 0 heterocycles. The quantitative estimate of drug-likeness (QED) is 0.772. The van der Waals surface area contributed by atoms with Gasteiger partial charge in [0.1, 0.15) is 0 Å². The van der Waals surface area contributed by atoms with E-state index in [1.165, 1.54) is 12.8 Å². The Morgan fingerprint density at radius 2 is 2.25 bits per heavy atom. The molecule has 1 saturated carbocycles. The van der Waals surface area contributed by atoms with Crippen LogP contribution in [-0.4, -0.2) is 18.0 Å². The zero-order chi connectivity index (χ0) is 12.2. The van der Waals surface area contributed by atoms with Gasteiger partial charge in [0.25, 0.3) is 0 Å². The van der Waals surface area contributed by atoms with Gasteiger partial charge in [0, 0.05) is 6.04 Å². The number of rotatable bonds is 4. The van der Waals surface area contributed by atoms with E-state index in [9.17, 15) is 4.79 Å². The summed E-state index contributed by atoms with van der Waals surface area (Å²) in [5.74, 6) is 0.0320. The number of hydrogen-bond donors (Lipinski definition) is 2. The summed E-state index contributed by atoms with van der Waals surface area (Å²) in [5, 5.41) is 3.10. The number of hydrogen-bond acceptors (Lipinski definition) is 2. The Morgan fingerprint density at radius 1 is 1.56 bits per heavy atom. The third-order valence-corrected chi connectivity index (χ3v) is 3.49. The van der Waals surface area contributed by atoms with Gasteiger partial charge in [-0.3, -0.25) is 4.79 Å². The van der Waals surface area contributed by atoms with Crippen LogP contribution in [0.15, 0.2) is 0 Å². The maximum absolute atomic E-state index is 11.8. The summed E-state index contributed by atoms with van der Waals surface area (Å²) in [6, 6.07) is 0.00851. The van der Waals surface area contributed by atoms with Gasteiger partial charge < -0.3 is 11.1 Å². The highest BCUT2D eigenvalue weighted by Gasteiger charge is 2.29. The molecule has 1 unspecified atom stereocenters. The van der Waals surface area contributed by atoms with Crippen molar-refractivity contribution in [1.82, 2.24) is 5.32 Å². The minimum Gasteiger partial charge on any atom is -0.352 e. The van der Waals surface area contributed by atoms with Crippen LogP contribution in [0, 0.1) is 5.41 Å². The molecule has 0 radical (unpaired) electrons. The molecular weight excluding hydrogens is 200 g/mol. The number of amides is 1. The van der Waals surface area contributed by atoms with E-state index in [2.05, 4.69) is 26.1 Å². The standard InChI is InChI=1S/C13H26N2O/c1-4-6-11(14)12(16)15-10-7-5-8-13(2,3)9-10/h10-11H,4-9,14H2,1-3H3,(H,15,16)/t10?,11-/m1/s1. The maximum Gasteiger partial charge on any atom is 0.237 e. The summed E-state index contributed by atoms with van der Waals surface area (Å²) < 4.78 is 0. The molecule has 0 aromatic carbocycles. The van der Waals surface area contributed by atoms with Crippen molar-refractivity contribution in [3.63, 3.8) is 0 Å². The van der Waals surface area contributed by atoms with E-state index in [1.807, 2.05) is 0 Å². The highest BCUT2D eigenvalue weighted by molar-refractivity contribution is 5.81. The number of carbonyl (C=O) groups excluding carboxylic acids is 1. The van der Waals surface area contributed by atoms with Gasteiger partial charge in [-0.05, 0) is 31.1 Å². The number of nitrogens with two attached hydrogens (primary N) is 1. The van der Waals surface area contributed by atoms with Gasteiger partial charge in [0.05, 0.1) is 6.04 Å². The fourth-order valence-electron chi connectivity index (χ4n) is 2.57. The van der Waals surface area contributed by atoms with Gasteiger partial charge in [0.15, 0.2) is 0 Å². The van der Waals surface area contributed by atoms with Gasteiger partial charge >= 0.3 is 0 Å². The third-order valence-electron chi connectivity index (χ3n) is 3.49. The summed E-state index contributed by atoms with van der Waals surface area (Å²) in [7, 11) is 0. The predicted molar refractivity (Wildman–Crippen MR) is 67.1 cm³/mol. The van der Waals surface area contributed by atoms with Crippen molar-refractivity contribution >= 4 is 5.91 Å². The van der Waals surface area contributed by atoms with Gasteiger partial charge in [0.2, 0.25) is 5.91 Å². The zero-order valence-corrected chi connectivity index (χ0v) is 10.9. The molecular formula is C13H26N2O. The Labute approximate surface area is 99.2 Å². The topological polar surface area (TPSA) is 55.1 Å². The van der Waals surface area contributed by atoms with E-state index in [1.54, 1.807) is 0 Å². The van der Waals surface area contributed by atoms with E-state index < -0.39 is 0 Å². The summed E-state index contributed by atoms with van der Waals surface area (Å²) >= 11 is 0. The average molecular weight is 226 g/mol. The van der Waals surface area contributed by atoms with Gasteiger partial charge in [-0.2, -0.15) is 0 Å². The monoisotopic (exact) mass is 226 g/mol. The van der Waals surface area contributed by atoms with Crippen molar-refractivity contribution in [2.24, 2.45) is 11.1 Å². The lowest BCUT2D eigenvalue weighted by atomic mass is 9.75. The third kappa shape index (κ3) is 4.12. The summed E-state index contributed by atoms with van der Waals surface area (Å²) in [4.78, 5) is 11.8. The molecule has 94 valence electrons. The largest absolute Gasteiger partial charge is 0.352 e. The van der Waals surface area contributed by atoms with Crippen LogP contribution in [0.4, 0.5) is 0 Å². The summed E-state index contributed by atoms with van der Waals surface area (Å²) in [5.41, 5.74) is 6.17. The summed E-state index contributed by atoms with van der Waals surface area (Å²) in [6.45, 7) is 6.60. The molecule has 16 heavy (non-hydrogen) atoms. The second-order valence-corrected chi connectivity index (χ2v) is 5.86. The molecule has 3 nitrogen and oxygen atoms in total. The average Bonchev–Trinajstić information content (AvgIpc) is 2.16. The zero-order valence-electron chi connectivity index (χ0n) is 10.9. The molecule has 1 rings (SSSR count). The number of nitrogens with one attached hydrogen (secondary N) is 1. The molecule has 1 aliphatic rings. The minimum atomic E-state index is -0.324. The first-order valence-corrected chi connectivity index (χ1v) is 6.50. The molecule has 0 aromatic heterocycles. The smallest absolute Gasteiger partial charge is 0.237 e. The molecule has 0 spiro atoms. The molecule has 1 fully saturated rings. The fourth-order valence-corrected chi connectivity index (χ4v) is 2.57. The fraction of sp³-hybridized carbons (Fsp3) is 0.923. The van der Waals surface area contributed by atoms with Gasteiger partial charge in [-0.15, -0.1) is 0 Å². The predicted octanol–water partition coefficient (Wildman–Crippen LogP) is 2.20. The van der Waals surface area contributed by atoms with Crippen molar-refractivity contribution < 1.29 is 4.79 Å². The van der Waals surface area contributed by atoms with Crippen molar-refractivity contribution in [3.8, 4) is 0 Å². The van der Waals surface area contributed by atoms with Crippen molar-refractivity contribution in [2.75, 3.05) is 0 Å². The van der Waals surface area contributed by atoms with E-state index >= 15 is 0 Å². The highest BCUT2D eigenvalue weighted by atomic mass is 16.2. The maximum atomic E-state index is 11.8. The normalized spacial score (nSPS) is 26.1. The second kappa shape index (κ2) is 5.67. The van der Waals surface area contributed by atoms with Crippen LogP contribution in [0.5, 0.6) is 0 Å². The van der Waals surface area contributed by atoms with Crippen LogP contribution in [0.3, 0.4) is 0 Å². The molecule has 0 bridgehead atoms. The van der Waals surface area contributed by atoms with Crippen LogP contribution in [-0.2, 0) is 4.79 Å². The Morgan fingerprint density at radius 3 is 2.81 bits per heavy atom. The first-order valence-electron chi connectivity index (χ1n) is 6.50. The van der Waals surface area contributed by atoms with E-state index in [0.717, 1.165) is 25.7 Å². The lowest BCUT2D eigenvalue weighted by Gasteiger charge is -2.35. The molecule has 1 amide bonds. The second-order valence-electron chi connectivity index (χ2n) is 5.86. The van der Waals surface area contributed by atoms with Gasteiger partial charge in [-0.1, -0.05) is 33.6 Å². The first kappa shape index (κ1) is 13.5. The molecule has 3 heteroatoms. The van der Waals surface area contributed by atoms with Crippen LogP contribution >= 0.6 is 0 Å². The Bertz CT molecular complexity index is 238. The number of carbonyl (C=O) groups is 1. The lowest BCUT2D eigenvalue weighted by molar-refractivity contribution is -0.123. The highest BCUT2D eigenvalue weighted by Crippen LogP contribution is 2.35. The van der Waals surface area contributed by atoms with E-state index in [-0.39, 0.29) is 11.9 Å². The van der Waals surface area contributed by atoms with Crippen molar-refractivity contribution in [1.29, 1.82) is 0 Å². The minimum absolute atomic E-state index is 0.0320. The van der Waals surface area contributed by atoms with Crippen LogP contribution in [0.1, 0.15) is 59.3 Å². The van der Waals surface area contributed by atoms with E-state index in [4.69, 9.17) is 5.73 Å². The van der Waals surface area contributed by atoms with Crippen molar-refractivity contribution in [2.45, 2.75) is 71.4 Å². The van der Waals surface area contributed by atoms with E-state index in [0.29, 0.717) is 11.5 Å². The van der Waals surface area contributed by atoms with Crippen LogP contribution < -0.4 is 11.1 Å². The molecule has 2 atom stereocenters. The lowest BCUT2D eigenvalue weighted by Crippen LogP contribution is -2.47. The molecule has 1 aliphatic carbocycles. The SMILES string of the molecule is CCC[C@@H](N)C(=O)NC1CCCC(C)(C)C1. The van der Waals surface area contributed by atoms with Crippen molar-refractivity contribution in [3.05, 3.63) is 0 Å². The Kier molecular flexibility index (Phi) is 4.78. The van der Waals surface area contributed by atoms with Crippen LogP contribution in [0.2, 0.25) is 0 Å². The molecule has 3 N–H and O–H groups in total. The summed E-state index contributed by atoms with van der Waals surface area (Å²) in [6.07, 6.45) is 6.40. The molecule has 0 aromatic rings. The van der Waals surface area contributed by atoms with Crippen LogP contribution in [0.25, 0.3) is 0 Å².